The molecule has 0 unspecified atom stereocenters. The summed E-state index contributed by atoms with van der Waals surface area (Å²) >= 11 is 11.3. The van der Waals surface area contributed by atoms with Gasteiger partial charge in [0.05, 0.1) is 17.6 Å². The van der Waals surface area contributed by atoms with Crippen LogP contribution in [0.3, 0.4) is 0 Å². The molecular formula is C19H17ClN2O5S. The van der Waals surface area contributed by atoms with Crippen LogP contribution in [0.5, 0.6) is 11.5 Å². The minimum Gasteiger partial charge on any atom is -0.493 e. The molecule has 146 valence electrons. The first kappa shape index (κ1) is 20.0. The summed E-state index contributed by atoms with van der Waals surface area (Å²) in [5, 5.41) is 10.9. The van der Waals surface area contributed by atoms with E-state index in [-0.39, 0.29) is 22.0 Å². The van der Waals surface area contributed by atoms with Crippen LogP contribution in [0.25, 0.3) is 0 Å². The third-order valence-electron chi connectivity index (χ3n) is 4.39. The molecule has 0 radical (unpaired) electrons. The van der Waals surface area contributed by atoms with E-state index >= 15 is 0 Å². The molecule has 0 N–H and O–H groups in total. The number of nitro benzene ring substituents is 1. The van der Waals surface area contributed by atoms with Gasteiger partial charge in [-0.3, -0.25) is 10.1 Å². The standard InChI is InChI=1S/C19H17ClN2O5S/c1-26-17-11-12(18(28)21-8-2-3-9-21)5-7-16(17)27-19(23)13-4-6-14(20)15(10-13)22(24)25/h4-7,10-11H,2-3,8-9H2,1H3. The quantitative estimate of drug-likeness (QED) is 0.235. The van der Waals surface area contributed by atoms with E-state index in [0.717, 1.165) is 42.5 Å². The fourth-order valence-electron chi connectivity index (χ4n) is 2.93. The van der Waals surface area contributed by atoms with E-state index < -0.39 is 10.9 Å². The van der Waals surface area contributed by atoms with Gasteiger partial charge in [-0.15, -0.1) is 0 Å². The van der Waals surface area contributed by atoms with Crippen molar-refractivity contribution in [2.24, 2.45) is 0 Å². The number of hydrogen-bond donors (Lipinski definition) is 0. The van der Waals surface area contributed by atoms with E-state index in [1.54, 1.807) is 18.2 Å². The molecule has 1 aliphatic heterocycles. The first-order chi connectivity index (χ1) is 13.4. The molecule has 0 aliphatic carbocycles. The second-order valence-electron chi connectivity index (χ2n) is 6.18. The average molecular weight is 421 g/mol. The van der Waals surface area contributed by atoms with E-state index in [1.165, 1.54) is 19.2 Å². The van der Waals surface area contributed by atoms with Crippen LogP contribution in [-0.4, -0.2) is 41.0 Å². The summed E-state index contributed by atoms with van der Waals surface area (Å²) in [5.74, 6) is -0.220. The lowest BCUT2D eigenvalue weighted by molar-refractivity contribution is -0.384. The Labute approximate surface area is 172 Å². The van der Waals surface area contributed by atoms with Crippen LogP contribution >= 0.6 is 23.8 Å². The summed E-state index contributed by atoms with van der Waals surface area (Å²) in [6.07, 6.45) is 2.22. The number of rotatable bonds is 5. The molecule has 0 spiro atoms. The third kappa shape index (κ3) is 4.23. The maximum absolute atomic E-state index is 12.4. The predicted molar refractivity (Wildman–Crippen MR) is 109 cm³/mol. The van der Waals surface area contributed by atoms with Crippen LogP contribution in [0.1, 0.15) is 28.8 Å². The third-order valence-corrected chi connectivity index (χ3v) is 5.20. The van der Waals surface area contributed by atoms with Crippen molar-refractivity contribution in [1.82, 2.24) is 4.90 Å². The number of carbonyl (C=O) groups excluding carboxylic acids is 1. The van der Waals surface area contributed by atoms with Crippen molar-refractivity contribution in [3.8, 4) is 11.5 Å². The number of ether oxygens (including phenoxy) is 2. The number of methoxy groups -OCH3 is 1. The van der Waals surface area contributed by atoms with Crippen molar-refractivity contribution in [3.05, 3.63) is 62.7 Å². The minimum atomic E-state index is -0.757. The molecule has 1 fully saturated rings. The van der Waals surface area contributed by atoms with Gasteiger partial charge in [-0.05, 0) is 43.2 Å². The number of nitro groups is 1. The van der Waals surface area contributed by atoms with Crippen molar-refractivity contribution in [2.75, 3.05) is 20.2 Å². The van der Waals surface area contributed by atoms with Crippen LogP contribution in [0, 0.1) is 10.1 Å². The normalized spacial score (nSPS) is 13.3. The largest absolute Gasteiger partial charge is 0.493 e. The molecule has 2 aromatic rings. The van der Waals surface area contributed by atoms with E-state index in [0.29, 0.717) is 5.75 Å². The Balaban J connectivity index is 1.82. The van der Waals surface area contributed by atoms with Gasteiger partial charge in [0, 0.05) is 24.7 Å². The predicted octanol–water partition coefficient (Wildman–Crippen LogP) is 4.25. The average Bonchev–Trinajstić information content (AvgIpc) is 3.22. The zero-order chi connectivity index (χ0) is 20.3. The van der Waals surface area contributed by atoms with Gasteiger partial charge in [0.1, 0.15) is 10.0 Å². The molecule has 0 atom stereocenters. The zero-order valence-electron chi connectivity index (χ0n) is 15.0. The van der Waals surface area contributed by atoms with Gasteiger partial charge in [0.15, 0.2) is 11.5 Å². The lowest BCUT2D eigenvalue weighted by atomic mass is 10.1. The number of benzene rings is 2. The maximum Gasteiger partial charge on any atom is 0.343 e. The number of thiocarbonyl (C=S) groups is 1. The van der Waals surface area contributed by atoms with Crippen molar-refractivity contribution in [3.63, 3.8) is 0 Å². The van der Waals surface area contributed by atoms with Crippen molar-refractivity contribution in [1.29, 1.82) is 0 Å². The number of hydrogen-bond acceptors (Lipinski definition) is 6. The van der Waals surface area contributed by atoms with Crippen LogP contribution in [0.4, 0.5) is 5.69 Å². The fraction of sp³-hybridized carbons (Fsp3) is 0.263. The minimum absolute atomic E-state index is 0.00909. The van der Waals surface area contributed by atoms with Gasteiger partial charge in [-0.2, -0.15) is 0 Å². The van der Waals surface area contributed by atoms with E-state index in [9.17, 15) is 14.9 Å². The van der Waals surface area contributed by atoms with Crippen LogP contribution in [-0.2, 0) is 0 Å². The first-order valence-corrected chi connectivity index (χ1v) is 9.32. The Hall–Kier alpha value is -2.71. The van der Waals surface area contributed by atoms with E-state index in [2.05, 4.69) is 4.90 Å². The molecule has 1 heterocycles. The molecule has 9 heteroatoms. The number of likely N-dealkylation sites (tertiary alicyclic amines) is 1. The fourth-order valence-corrected chi connectivity index (χ4v) is 3.42. The molecule has 0 amide bonds. The second-order valence-corrected chi connectivity index (χ2v) is 6.97. The number of halogens is 1. The Kier molecular flexibility index (Phi) is 6.11. The molecule has 2 aromatic carbocycles. The van der Waals surface area contributed by atoms with Gasteiger partial charge >= 0.3 is 5.97 Å². The number of carbonyl (C=O) groups is 1. The Morgan fingerprint density at radius 3 is 2.46 bits per heavy atom. The Morgan fingerprint density at radius 2 is 1.82 bits per heavy atom. The first-order valence-electron chi connectivity index (χ1n) is 8.54. The SMILES string of the molecule is COc1cc(C(=S)N2CCCC2)ccc1OC(=O)c1ccc(Cl)c([N+](=O)[O-])c1. The van der Waals surface area contributed by atoms with Crippen LogP contribution < -0.4 is 9.47 Å². The van der Waals surface area contributed by atoms with Gasteiger partial charge in [-0.1, -0.05) is 23.8 Å². The van der Waals surface area contributed by atoms with Gasteiger partial charge in [0.2, 0.25) is 0 Å². The highest BCUT2D eigenvalue weighted by atomic mass is 35.5. The smallest absolute Gasteiger partial charge is 0.343 e. The summed E-state index contributed by atoms with van der Waals surface area (Å²) < 4.78 is 10.7. The maximum atomic E-state index is 12.4. The number of nitrogens with zero attached hydrogens (tertiary/aromatic N) is 2. The molecule has 7 nitrogen and oxygen atoms in total. The van der Waals surface area contributed by atoms with Gasteiger partial charge in [-0.25, -0.2) is 4.79 Å². The molecule has 1 saturated heterocycles. The lowest BCUT2D eigenvalue weighted by Gasteiger charge is -2.19. The monoisotopic (exact) mass is 420 g/mol. The Bertz CT molecular complexity index is 944. The molecule has 3 rings (SSSR count). The summed E-state index contributed by atoms with van der Waals surface area (Å²) in [4.78, 5) is 25.6. The van der Waals surface area contributed by atoms with Gasteiger partial charge in [0.25, 0.3) is 5.69 Å². The van der Waals surface area contributed by atoms with Crippen LogP contribution in [0.15, 0.2) is 36.4 Å². The van der Waals surface area contributed by atoms with Crippen LogP contribution in [0.2, 0.25) is 5.02 Å². The highest BCUT2D eigenvalue weighted by Gasteiger charge is 2.21. The summed E-state index contributed by atoms with van der Waals surface area (Å²) in [6.45, 7) is 1.85. The Morgan fingerprint density at radius 1 is 1.14 bits per heavy atom. The van der Waals surface area contributed by atoms with Crippen molar-refractivity contribution < 1.29 is 19.2 Å². The molecule has 0 saturated carbocycles. The van der Waals surface area contributed by atoms with E-state index in [4.69, 9.17) is 33.3 Å². The van der Waals surface area contributed by atoms with Crippen molar-refractivity contribution in [2.45, 2.75) is 12.8 Å². The second kappa shape index (κ2) is 8.53. The molecule has 28 heavy (non-hydrogen) atoms. The summed E-state index contributed by atoms with van der Waals surface area (Å²) in [5.41, 5.74) is 0.444. The highest BCUT2D eigenvalue weighted by molar-refractivity contribution is 7.80. The van der Waals surface area contributed by atoms with Gasteiger partial charge < -0.3 is 14.4 Å². The molecule has 0 bridgehead atoms. The summed E-state index contributed by atoms with van der Waals surface area (Å²) in [6, 6.07) is 8.79. The highest BCUT2D eigenvalue weighted by Crippen LogP contribution is 2.31. The molecular weight excluding hydrogens is 404 g/mol. The topological polar surface area (TPSA) is 81.9 Å². The van der Waals surface area contributed by atoms with Crippen molar-refractivity contribution >= 4 is 40.5 Å². The number of esters is 1. The zero-order valence-corrected chi connectivity index (χ0v) is 16.6. The lowest BCUT2D eigenvalue weighted by Crippen LogP contribution is -2.26. The van der Waals surface area contributed by atoms with E-state index in [1.807, 2.05) is 0 Å². The summed E-state index contributed by atoms with van der Waals surface area (Å²) in [7, 11) is 1.46. The molecule has 0 aromatic heterocycles. The molecule has 1 aliphatic rings.